The van der Waals surface area contributed by atoms with Crippen LogP contribution < -0.4 is 4.74 Å². The Morgan fingerprint density at radius 3 is 2.27 bits per heavy atom. The number of carbonyl (C=O) groups excluding carboxylic acids is 2. The zero-order valence-corrected chi connectivity index (χ0v) is 13.3. The van der Waals surface area contributed by atoms with Gasteiger partial charge in [-0.1, -0.05) is 6.07 Å². The van der Waals surface area contributed by atoms with Gasteiger partial charge in [0.05, 0.1) is 0 Å². The molecule has 0 unspecified atom stereocenters. The minimum absolute atomic E-state index is 0.126. The molecule has 1 fully saturated rings. The number of hydrogen-bond acceptors (Lipinski definition) is 4. The molecule has 0 aromatic heterocycles. The van der Waals surface area contributed by atoms with Crippen LogP contribution in [0.25, 0.3) is 0 Å². The standard InChI is InChI=1S/C17H23NO4/c1-13-8-14(2)10-15(9-13)21-12-17(20)22-11-16(19)18-6-4-3-5-7-18/h8-10H,3-7,11-12H2,1-2H3. The Hall–Kier alpha value is -2.04. The molecule has 5 heteroatoms. The third-order valence-corrected chi connectivity index (χ3v) is 3.62. The van der Waals surface area contributed by atoms with Crippen molar-refractivity contribution in [3.63, 3.8) is 0 Å². The van der Waals surface area contributed by atoms with Crippen molar-refractivity contribution in [1.29, 1.82) is 0 Å². The predicted octanol–water partition coefficient (Wildman–Crippen LogP) is 2.24. The second-order valence-electron chi connectivity index (χ2n) is 5.71. The van der Waals surface area contributed by atoms with E-state index in [1.54, 1.807) is 4.90 Å². The Bertz CT molecular complexity index is 515. The lowest BCUT2D eigenvalue weighted by Crippen LogP contribution is -2.38. The lowest BCUT2D eigenvalue weighted by Gasteiger charge is -2.26. The maximum absolute atomic E-state index is 11.9. The van der Waals surface area contributed by atoms with Crippen molar-refractivity contribution in [2.75, 3.05) is 26.3 Å². The number of aryl methyl sites for hydroxylation is 2. The van der Waals surface area contributed by atoms with Crippen molar-refractivity contribution >= 4 is 11.9 Å². The van der Waals surface area contributed by atoms with Gasteiger partial charge in [-0.15, -0.1) is 0 Å². The number of hydrogen-bond donors (Lipinski definition) is 0. The predicted molar refractivity (Wildman–Crippen MR) is 82.8 cm³/mol. The first-order valence-electron chi connectivity index (χ1n) is 7.69. The zero-order valence-electron chi connectivity index (χ0n) is 13.3. The van der Waals surface area contributed by atoms with E-state index in [-0.39, 0.29) is 19.1 Å². The first kappa shape index (κ1) is 16.3. The fourth-order valence-corrected chi connectivity index (χ4v) is 2.58. The van der Waals surface area contributed by atoms with Crippen molar-refractivity contribution in [3.8, 4) is 5.75 Å². The fourth-order valence-electron chi connectivity index (χ4n) is 2.58. The van der Waals surface area contributed by atoms with Crippen LogP contribution in [-0.2, 0) is 14.3 Å². The second-order valence-corrected chi connectivity index (χ2v) is 5.71. The molecule has 1 aromatic carbocycles. The van der Waals surface area contributed by atoms with Crippen LogP contribution in [0.4, 0.5) is 0 Å². The van der Waals surface area contributed by atoms with E-state index in [4.69, 9.17) is 9.47 Å². The molecule has 0 N–H and O–H groups in total. The monoisotopic (exact) mass is 305 g/mol. The first-order chi connectivity index (χ1) is 10.5. The Morgan fingerprint density at radius 1 is 1.00 bits per heavy atom. The zero-order chi connectivity index (χ0) is 15.9. The topological polar surface area (TPSA) is 55.8 Å². The SMILES string of the molecule is Cc1cc(C)cc(OCC(=O)OCC(=O)N2CCCCC2)c1. The minimum atomic E-state index is -0.524. The molecule has 0 spiro atoms. The van der Waals surface area contributed by atoms with Crippen molar-refractivity contribution in [2.45, 2.75) is 33.1 Å². The lowest BCUT2D eigenvalue weighted by atomic mass is 10.1. The Labute approximate surface area is 131 Å². The number of ether oxygens (including phenoxy) is 2. The van der Waals surface area contributed by atoms with Crippen LogP contribution in [-0.4, -0.2) is 43.1 Å². The van der Waals surface area contributed by atoms with Crippen molar-refractivity contribution in [2.24, 2.45) is 0 Å². The quantitative estimate of drug-likeness (QED) is 0.783. The summed E-state index contributed by atoms with van der Waals surface area (Å²) in [5.74, 6) is -0.0132. The Balaban J connectivity index is 1.72. The van der Waals surface area contributed by atoms with Crippen LogP contribution in [0.1, 0.15) is 30.4 Å². The summed E-state index contributed by atoms with van der Waals surface area (Å²) in [5, 5.41) is 0. The first-order valence-corrected chi connectivity index (χ1v) is 7.69. The average molecular weight is 305 g/mol. The largest absolute Gasteiger partial charge is 0.482 e. The van der Waals surface area contributed by atoms with Crippen LogP contribution in [0, 0.1) is 13.8 Å². The van der Waals surface area contributed by atoms with E-state index in [2.05, 4.69) is 0 Å². The van der Waals surface area contributed by atoms with Gasteiger partial charge in [-0.25, -0.2) is 4.79 Å². The molecule has 22 heavy (non-hydrogen) atoms. The molecule has 1 saturated heterocycles. The molecule has 0 aliphatic carbocycles. The van der Waals surface area contributed by atoms with Gasteiger partial charge in [0.2, 0.25) is 0 Å². The highest BCUT2D eigenvalue weighted by Crippen LogP contribution is 2.16. The number of rotatable bonds is 5. The number of amides is 1. The summed E-state index contributed by atoms with van der Waals surface area (Å²) in [6.07, 6.45) is 3.21. The number of benzene rings is 1. The normalized spacial score (nSPS) is 14.5. The molecule has 120 valence electrons. The third kappa shape index (κ3) is 5.06. The molecule has 2 rings (SSSR count). The van der Waals surface area contributed by atoms with Gasteiger partial charge in [-0.05, 0) is 56.4 Å². The number of nitrogens with zero attached hydrogens (tertiary/aromatic N) is 1. The molecule has 1 aliphatic heterocycles. The molecule has 1 aromatic rings. The Kier molecular flexibility index (Phi) is 5.81. The van der Waals surface area contributed by atoms with Crippen molar-refractivity contribution < 1.29 is 19.1 Å². The van der Waals surface area contributed by atoms with E-state index in [9.17, 15) is 9.59 Å². The molecule has 5 nitrogen and oxygen atoms in total. The summed E-state index contributed by atoms with van der Waals surface area (Å²) in [4.78, 5) is 25.3. The van der Waals surface area contributed by atoms with Gasteiger partial charge in [0.25, 0.3) is 5.91 Å². The average Bonchev–Trinajstić information content (AvgIpc) is 2.50. The van der Waals surface area contributed by atoms with Gasteiger partial charge in [-0.2, -0.15) is 0 Å². The Morgan fingerprint density at radius 2 is 1.64 bits per heavy atom. The van der Waals surface area contributed by atoms with Gasteiger partial charge >= 0.3 is 5.97 Å². The number of piperidine rings is 1. The second kappa shape index (κ2) is 7.82. The van der Waals surface area contributed by atoms with Gasteiger partial charge in [0, 0.05) is 13.1 Å². The third-order valence-electron chi connectivity index (χ3n) is 3.62. The summed E-state index contributed by atoms with van der Waals surface area (Å²) < 4.78 is 10.4. The maximum Gasteiger partial charge on any atom is 0.344 e. The highest BCUT2D eigenvalue weighted by molar-refractivity contribution is 5.81. The van der Waals surface area contributed by atoms with E-state index >= 15 is 0 Å². The van der Waals surface area contributed by atoms with Gasteiger partial charge in [0.15, 0.2) is 13.2 Å². The molecule has 0 saturated carbocycles. The summed E-state index contributed by atoms with van der Waals surface area (Å²) >= 11 is 0. The molecule has 1 amide bonds. The highest BCUT2D eigenvalue weighted by atomic mass is 16.6. The van der Waals surface area contributed by atoms with Crippen molar-refractivity contribution in [3.05, 3.63) is 29.3 Å². The van der Waals surface area contributed by atoms with E-state index in [0.717, 1.165) is 43.5 Å². The summed E-state index contributed by atoms with van der Waals surface area (Å²) in [6.45, 7) is 5.07. The summed E-state index contributed by atoms with van der Waals surface area (Å²) in [7, 11) is 0. The summed E-state index contributed by atoms with van der Waals surface area (Å²) in [5.41, 5.74) is 2.15. The molecule has 0 atom stereocenters. The molecule has 0 radical (unpaired) electrons. The number of likely N-dealkylation sites (tertiary alicyclic amines) is 1. The smallest absolute Gasteiger partial charge is 0.344 e. The van der Waals surface area contributed by atoms with Gasteiger partial charge in [0.1, 0.15) is 5.75 Å². The van der Waals surface area contributed by atoms with E-state index in [0.29, 0.717) is 5.75 Å². The minimum Gasteiger partial charge on any atom is -0.482 e. The molecule has 1 heterocycles. The van der Waals surface area contributed by atoms with Crippen LogP contribution in [0.15, 0.2) is 18.2 Å². The van der Waals surface area contributed by atoms with Crippen LogP contribution in [0.3, 0.4) is 0 Å². The van der Waals surface area contributed by atoms with E-state index in [1.807, 2.05) is 32.0 Å². The van der Waals surface area contributed by atoms with E-state index < -0.39 is 5.97 Å². The summed E-state index contributed by atoms with van der Waals surface area (Å²) in [6, 6.07) is 5.75. The lowest BCUT2D eigenvalue weighted by molar-refractivity contribution is -0.154. The maximum atomic E-state index is 11.9. The number of carbonyl (C=O) groups is 2. The van der Waals surface area contributed by atoms with Gasteiger partial charge in [-0.3, -0.25) is 4.79 Å². The fraction of sp³-hybridized carbons (Fsp3) is 0.529. The van der Waals surface area contributed by atoms with Crippen molar-refractivity contribution in [1.82, 2.24) is 4.90 Å². The van der Waals surface area contributed by atoms with Crippen LogP contribution >= 0.6 is 0 Å². The number of esters is 1. The molecule has 0 bridgehead atoms. The molecular formula is C17H23NO4. The van der Waals surface area contributed by atoms with Gasteiger partial charge < -0.3 is 14.4 Å². The van der Waals surface area contributed by atoms with Crippen LogP contribution in [0.2, 0.25) is 0 Å². The highest BCUT2D eigenvalue weighted by Gasteiger charge is 2.18. The molecular weight excluding hydrogens is 282 g/mol. The van der Waals surface area contributed by atoms with Crippen LogP contribution in [0.5, 0.6) is 5.75 Å². The molecule has 1 aliphatic rings. The van der Waals surface area contributed by atoms with E-state index in [1.165, 1.54) is 0 Å².